The van der Waals surface area contributed by atoms with Crippen LogP contribution in [0.25, 0.3) is 0 Å². The molecule has 1 rings (SSSR count). The van der Waals surface area contributed by atoms with Gasteiger partial charge in [0.05, 0.1) is 6.04 Å². The molecule has 2 N–H and O–H groups in total. The van der Waals surface area contributed by atoms with Crippen molar-refractivity contribution < 1.29 is 9.59 Å². The van der Waals surface area contributed by atoms with E-state index in [0.29, 0.717) is 0 Å². The van der Waals surface area contributed by atoms with Crippen LogP contribution in [0.15, 0.2) is 28.7 Å². The summed E-state index contributed by atoms with van der Waals surface area (Å²) in [6, 6.07) is 7.10. The zero-order valence-electron chi connectivity index (χ0n) is 10.7. The standard InChI is InChI=1S/C13H17BrN2O2/c1-8(11-5-4-6-12(14)7-11)16-13(18)9(2)15-10(3)17/h4-9H,1-3H3,(H,15,17)(H,16,18)/t8-,9+/m1/s1. The Balaban J connectivity index is 2.62. The minimum absolute atomic E-state index is 0.105. The maximum Gasteiger partial charge on any atom is 0.242 e. The van der Waals surface area contributed by atoms with E-state index in [1.54, 1.807) is 6.92 Å². The highest BCUT2D eigenvalue weighted by atomic mass is 79.9. The molecule has 0 aromatic heterocycles. The number of carbonyl (C=O) groups is 2. The van der Waals surface area contributed by atoms with Crippen LogP contribution in [0.5, 0.6) is 0 Å². The van der Waals surface area contributed by atoms with Crippen LogP contribution in [0.4, 0.5) is 0 Å². The van der Waals surface area contributed by atoms with Gasteiger partial charge in [-0.3, -0.25) is 9.59 Å². The topological polar surface area (TPSA) is 58.2 Å². The molecule has 1 aromatic carbocycles. The number of hydrogen-bond donors (Lipinski definition) is 2. The summed E-state index contributed by atoms with van der Waals surface area (Å²) in [6.07, 6.45) is 0. The smallest absolute Gasteiger partial charge is 0.242 e. The monoisotopic (exact) mass is 312 g/mol. The zero-order valence-corrected chi connectivity index (χ0v) is 12.2. The van der Waals surface area contributed by atoms with Crippen molar-refractivity contribution in [3.8, 4) is 0 Å². The Hall–Kier alpha value is -1.36. The van der Waals surface area contributed by atoms with Crippen molar-refractivity contribution in [3.05, 3.63) is 34.3 Å². The van der Waals surface area contributed by atoms with Gasteiger partial charge in [0.1, 0.15) is 6.04 Å². The Kier molecular flexibility index (Phi) is 5.34. The predicted molar refractivity (Wildman–Crippen MR) is 74.0 cm³/mol. The average molecular weight is 313 g/mol. The lowest BCUT2D eigenvalue weighted by Crippen LogP contribution is -2.44. The lowest BCUT2D eigenvalue weighted by molar-refractivity contribution is -0.128. The van der Waals surface area contributed by atoms with E-state index < -0.39 is 6.04 Å². The van der Waals surface area contributed by atoms with Gasteiger partial charge in [0.15, 0.2) is 0 Å². The van der Waals surface area contributed by atoms with E-state index in [1.807, 2.05) is 31.2 Å². The number of hydrogen-bond acceptors (Lipinski definition) is 2. The number of nitrogens with one attached hydrogen (secondary N) is 2. The molecule has 4 nitrogen and oxygen atoms in total. The minimum atomic E-state index is -0.530. The lowest BCUT2D eigenvalue weighted by Gasteiger charge is -2.18. The molecule has 1 aromatic rings. The SMILES string of the molecule is CC(=O)N[C@@H](C)C(=O)N[C@H](C)c1cccc(Br)c1. The predicted octanol–water partition coefficient (Wildman–Crippen LogP) is 2.15. The van der Waals surface area contributed by atoms with Crippen LogP contribution in [0, 0.1) is 0 Å². The van der Waals surface area contributed by atoms with Gasteiger partial charge in [0.25, 0.3) is 0 Å². The summed E-state index contributed by atoms with van der Waals surface area (Å²) in [5.74, 6) is -0.412. The van der Waals surface area contributed by atoms with Crippen molar-refractivity contribution in [3.63, 3.8) is 0 Å². The summed E-state index contributed by atoms with van der Waals surface area (Å²) in [5, 5.41) is 5.40. The minimum Gasteiger partial charge on any atom is -0.348 e. The van der Waals surface area contributed by atoms with Gasteiger partial charge < -0.3 is 10.6 Å². The van der Waals surface area contributed by atoms with Crippen molar-refractivity contribution in [2.75, 3.05) is 0 Å². The fourth-order valence-electron chi connectivity index (χ4n) is 1.57. The molecule has 0 aliphatic rings. The molecular weight excluding hydrogens is 296 g/mol. The molecule has 2 atom stereocenters. The van der Waals surface area contributed by atoms with E-state index in [0.717, 1.165) is 10.0 Å². The van der Waals surface area contributed by atoms with Crippen LogP contribution in [0.2, 0.25) is 0 Å². The van der Waals surface area contributed by atoms with Gasteiger partial charge in [0.2, 0.25) is 11.8 Å². The normalized spacial score (nSPS) is 13.6. The van der Waals surface area contributed by atoms with Gasteiger partial charge >= 0.3 is 0 Å². The van der Waals surface area contributed by atoms with Crippen molar-refractivity contribution >= 4 is 27.7 Å². The van der Waals surface area contributed by atoms with E-state index in [4.69, 9.17) is 0 Å². The van der Waals surface area contributed by atoms with Crippen molar-refractivity contribution in [2.24, 2.45) is 0 Å². The summed E-state index contributed by atoms with van der Waals surface area (Å²) < 4.78 is 0.969. The maximum atomic E-state index is 11.8. The number of amides is 2. The molecule has 0 aliphatic heterocycles. The molecule has 0 aliphatic carbocycles. The Morgan fingerprint density at radius 3 is 2.44 bits per heavy atom. The largest absolute Gasteiger partial charge is 0.348 e. The summed E-state index contributed by atoms with van der Waals surface area (Å²) in [6.45, 7) is 4.95. The second-order valence-corrected chi connectivity index (χ2v) is 5.12. The van der Waals surface area contributed by atoms with E-state index in [-0.39, 0.29) is 17.9 Å². The van der Waals surface area contributed by atoms with Gasteiger partial charge in [-0.2, -0.15) is 0 Å². The fourth-order valence-corrected chi connectivity index (χ4v) is 1.99. The summed E-state index contributed by atoms with van der Waals surface area (Å²) >= 11 is 3.39. The molecule has 0 radical (unpaired) electrons. The summed E-state index contributed by atoms with van der Waals surface area (Å²) in [4.78, 5) is 22.7. The van der Waals surface area contributed by atoms with Gasteiger partial charge in [-0.15, -0.1) is 0 Å². The Bertz CT molecular complexity index is 448. The number of halogens is 1. The first-order valence-corrected chi connectivity index (χ1v) is 6.52. The van der Waals surface area contributed by atoms with Crippen LogP contribution in [0.1, 0.15) is 32.4 Å². The van der Waals surface area contributed by atoms with Gasteiger partial charge in [-0.25, -0.2) is 0 Å². The molecule has 0 saturated heterocycles. The first kappa shape index (κ1) is 14.7. The molecule has 18 heavy (non-hydrogen) atoms. The Morgan fingerprint density at radius 2 is 1.89 bits per heavy atom. The quantitative estimate of drug-likeness (QED) is 0.895. The third-order valence-corrected chi connectivity index (χ3v) is 3.01. The molecule has 98 valence electrons. The average Bonchev–Trinajstić information content (AvgIpc) is 2.27. The molecule has 5 heteroatoms. The van der Waals surface area contributed by atoms with Crippen molar-refractivity contribution in [1.29, 1.82) is 0 Å². The fraction of sp³-hybridized carbons (Fsp3) is 0.385. The van der Waals surface area contributed by atoms with Crippen LogP contribution < -0.4 is 10.6 Å². The van der Waals surface area contributed by atoms with Crippen LogP contribution in [-0.2, 0) is 9.59 Å². The van der Waals surface area contributed by atoms with Gasteiger partial charge in [-0.1, -0.05) is 28.1 Å². The van der Waals surface area contributed by atoms with Crippen molar-refractivity contribution in [1.82, 2.24) is 10.6 Å². The molecule has 0 unspecified atom stereocenters. The van der Waals surface area contributed by atoms with Gasteiger partial charge in [-0.05, 0) is 31.5 Å². The molecule has 0 fully saturated rings. The number of carbonyl (C=O) groups excluding carboxylic acids is 2. The van der Waals surface area contributed by atoms with E-state index >= 15 is 0 Å². The molecular formula is C13H17BrN2O2. The highest BCUT2D eigenvalue weighted by Crippen LogP contribution is 2.17. The third-order valence-electron chi connectivity index (χ3n) is 2.52. The molecule has 2 amide bonds. The molecule has 0 bridgehead atoms. The summed E-state index contributed by atoms with van der Waals surface area (Å²) in [7, 11) is 0. The Labute approximate surface area is 115 Å². The summed E-state index contributed by atoms with van der Waals surface area (Å²) in [5.41, 5.74) is 1.01. The first-order chi connectivity index (χ1) is 8.40. The van der Waals surface area contributed by atoms with Crippen LogP contribution in [0.3, 0.4) is 0 Å². The number of rotatable bonds is 4. The highest BCUT2D eigenvalue weighted by molar-refractivity contribution is 9.10. The second-order valence-electron chi connectivity index (χ2n) is 4.21. The molecule has 0 spiro atoms. The second kappa shape index (κ2) is 6.54. The highest BCUT2D eigenvalue weighted by Gasteiger charge is 2.16. The Morgan fingerprint density at radius 1 is 1.22 bits per heavy atom. The van der Waals surface area contributed by atoms with Crippen LogP contribution in [-0.4, -0.2) is 17.9 Å². The molecule has 0 saturated carbocycles. The van der Waals surface area contributed by atoms with Gasteiger partial charge in [0, 0.05) is 11.4 Å². The van der Waals surface area contributed by atoms with Crippen LogP contribution >= 0.6 is 15.9 Å². The third kappa shape index (κ3) is 4.49. The van der Waals surface area contributed by atoms with Crippen molar-refractivity contribution in [2.45, 2.75) is 32.9 Å². The first-order valence-electron chi connectivity index (χ1n) is 5.73. The maximum absolute atomic E-state index is 11.8. The van der Waals surface area contributed by atoms with E-state index in [9.17, 15) is 9.59 Å². The zero-order chi connectivity index (χ0) is 13.7. The molecule has 0 heterocycles. The number of benzene rings is 1. The van der Waals surface area contributed by atoms with E-state index in [1.165, 1.54) is 6.92 Å². The van der Waals surface area contributed by atoms with E-state index in [2.05, 4.69) is 26.6 Å². The lowest BCUT2D eigenvalue weighted by atomic mass is 10.1.